The second-order valence-corrected chi connectivity index (χ2v) is 4.12. The number of benzene rings is 1. The van der Waals surface area contributed by atoms with E-state index in [-0.39, 0.29) is 0 Å². The van der Waals surface area contributed by atoms with Gasteiger partial charge >= 0.3 is 0 Å². The van der Waals surface area contributed by atoms with Crippen LogP contribution < -0.4 is 14.8 Å². The van der Waals surface area contributed by atoms with Crippen molar-refractivity contribution in [2.45, 2.75) is 12.8 Å². The Morgan fingerprint density at radius 1 is 1.28 bits per heavy atom. The quantitative estimate of drug-likeness (QED) is 0.765. The van der Waals surface area contributed by atoms with Crippen LogP contribution in [0.5, 0.6) is 11.5 Å². The van der Waals surface area contributed by atoms with Crippen molar-refractivity contribution in [3.05, 3.63) is 18.0 Å². The molecule has 0 saturated carbocycles. The number of nitrogens with zero attached hydrogens (tertiary/aromatic N) is 1. The second kappa shape index (κ2) is 5.73. The third kappa shape index (κ3) is 2.56. The van der Waals surface area contributed by atoms with Crippen LogP contribution in [0.4, 0.5) is 0 Å². The van der Waals surface area contributed by atoms with E-state index >= 15 is 0 Å². The summed E-state index contributed by atoms with van der Waals surface area (Å²) in [6, 6.07) is 3.78. The van der Waals surface area contributed by atoms with Crippen LogP contribution in [0.25, 0.3) is 11.0 Å². The minimum Gasteiger partial charge on any atom is -0.497 e. The largest absolute Gasteiger partial charge is 0.497 e. The Morgan fingerprint density at radius 2 is 2.11 bits per heavy atom. The molecule has 5 heteroatoms. The molecular formula is C13H19N3O2. The number of hydrogen-bond donors (Lipinski definition) is 2. The molecule has 1 aromatic heterocycles. The summed E-state index contributed by atoms with van der Waals surface area (Å²) < 4.78 is 10.6. The van der Waals surface area contributed by atoms with Crippen molar-refractivity contribution in [2.24, 2.45) is 0 Å². The van der Waals surface area contributed by atoms with Gasteiger partial charge in [0.05, 0.1) is 19.7 Å². The van der Waals surface area contributed by atoms with E-state index in [1.807, 2.05) is 19.2 Å². The van der Waals surface area contributed by atoms with Gasteiger partial charge in [-0.1, -0.05) is 0 Å². The molecule has 0 aliphatic carbocycles. The van der Waals surface area contributed by atoms with Crippen molar-refractivity contribution in [3.63, 3.8) is 0 Å². The van der Waals surface area contributed by atoms with Crippen LogP contribution in [0.2, 0.25) is 0 Å². The lowest BCUT2D eigenvalue weighted by atomic mass is 10.3. The molecule has 0 fully saturated rings. The van der Waals surface area contributed by atoms with E-state index in [1.54, 1.807) is 14.2 Å². The molecule has 0 radical (unpaired) electrons. The van der Waals surface area contributed by atoms with Gasteiger partial charge in [-0.25, -0.2) is 4.98 Å². The lowest BCUT2D eigenvalue weighted by molar-refractivity contribution is 0.397. The maximum Gasteiger partial charge on any atom is 0.150 e. The average Bonchev–Trinajstić information content (AvgIpc) is 2.80. The van der Waals surface area contributed by atoms with Crippen LogP contribution in [-0.2, 0) is 6.42 Å². The molecule has 0 atom stereocenters. The van der Waals surface area contributed by atoms with Crippen LogP contribution in [-0.4, -0.2) is 37.8 Å². The van der Waals surface area contributed by atoms with E-state index in [0.29, 0.717) is 0 Å². The van der Waals surface area contributed by atoms with E-state index < -0.39 is 0 Å². The molecule has 0 bridgehead atoms. The molecular weight excluding hydrogens is 230 g/mol. The van der Waals surface area contributed by atoms with E-state index in [1.165, 1.54) is 0 Å². The standard InChI is InChI=1S/C13H19N3O2/c1-14-6-4-5-12-15-10-7-9(17-2)8-11(18-3)13(10)16-12/h7-8,14H,4-6H2,1-3H3,(H,15,16). The first-order chi connectivity index (χ1) is 8.78. The van der Waals surface area contributed by atoms with E-state index in [4.69, 9.17) is 9.47 Å². The summed E-state index contributed by atoms with van der Waals surface area (Å²) in [5.41, 5.74) is 1.81. The zero-order chi connectivity index (χ0) is 13.0. The Hall–Kier alpha value is -1.75. The Bertz CT molecular complexity index is 522. The lowest BCUT2D eigenvalue weighted by Crippen LogP contribution is -2.08. The number of nitrogens with one attached hydrogen (secondary N) is 2. The topological polar surface area (TPSA) is 59.2 Å². The summed E-state index contributed by atoms with van der Waals surface area (Å²) in [6.45, 7) is 0.984. The Labute approximate surface area is 107 Å². The number of hydrogen-bond acceptors (Lipinski definition) is 4. The van der Waals surface area contributed by atoms with Gasteiger partial charge in [0.15, 0.2) is 0 Å². The van der Waals surface area contributed by atoms with Crippen molar-refractivity contribution < 1.29 is 9.47 Å². The minimum atomic E-state index is 0.737. The van der Waals surface area contributed by atoms with Crippen LogP contribution >= 0.6 is 0 Å². The highest BCUT2D eigenvalue weighted by Crippen LogP contribution is 2.29. The minimum absolute atomic E-state index is 0.737. The zero-order valence-corrected chi connectivity index (χ0v) is 11.0. The predicted molar refractivity (Wildman–Crippen MR) is 71.4 cm³/mol. The molecule has 0 aliphatic heterocycles. The number of fused-ring (bicyclic) bond motifs is 1. The smallest absolute Gasteiger partial charge is 0.150 e. The highest BCUT2D eigenvalue weighted by Gasteiger charge is 2.10. The molecule has 1 aromatic carbocycles. The third-order valence-electron chi connectivity index (χ3n) is 2.87. The van der Waals surface area contributed by atoms with Gasteiger partial charge in [-0.15, -0.1) is 0 Å². The number of imidazole rings is 1. The van der Waals surface area contributed by atoms with Gasteiger partial charge in [0.1, 0.15) is 22.8 Å². The number of aromatic amines is 1. The maximum atomic E-state index is 5.33. The van der Waals surface area contributed by atoms with Gasteiger partial charge in [-0.3, -0.25) is 0 Å². The SMILES string of the molecule is CNCCCc1nc2c(OC)cc(OC)cc2[nH]1. The molecule has 0 spiro atoms. The van der Waals surface area contributed by atoms with Crippen LogP contribution in [0.3, 0.4) is 0 Å². The van der Waals surface area contributed by atoms with Gasteiger partial charge in [0.25, 0.3) is 0 Å². The molecule has 0 amide bonds. The van der Waals surface area contributed by atoms with Crippen molar-refractivity contribution in [2.75, 3.05) is 27.8 Å². The zero-order valence-electron chi connectivity index (χ0n) is 11.0. The fraction of sp³-hybridized carbons (Fsp3) is 0.462. The van der Waals surface area contributed by atoms with Crippen molar-refractivity contribution in [1.82, 2.24) is 15.3 Å². The van der Waals surface area contributed by atoms with E-state index in [2.05, 4.69) is 15.3 Å². The summed E-state index contributed by atoms with van der Waals surface area (Å²) in [5, 5.41) is 3.13. The molecule has 98 valence electrons. The van der Waals surface area contributed by atoms with Crippen molar-refractivity contribution >= 4 is 11.0 Å². The summed E-state index contributed by atoms with van der Waals surface area (Å²) in [6.07, 6.45) is 1.97. The highest BCUT2D eigenvalue weighted by atomic mass is 16.5. The predicted octanol–water partition coefficient (Wildman–Crippen LogP) is 1.73. The Morgan fingerprint density at radius 3 is 2.78 bits per heavy atom. The van der Waals surface area contributed by atoms with Gasteiger partial charge in [-0.05, 0) is 20.0 Å². The summed E-state index contributed by atoms with van der Waals surface area (Å²) in [7, 11) is 5.24. The van der Waals surface area contributed by atoms with E-state index in [0.717, 1.165) is 47.7 Å². The first kappa shape index (κ1) is 12.7. The van der Waals surface area contributed by atoms with Crippen LogP contribution in [0.15, 0.2) is 12.1 Å². The normalized spacial score (nSPS) is 10.8. The fourth-order valence-corrected chi connectivity index (χ4v) is 1.94. The first-order valence-electron chi connectivity index (χ1n) is 6.03. The molecule has 18 heavy (non-hydrogen) atoms. The van der Waals surface area contributed by atoms with Crippen LogP contribution in [0.1, 0.15) is 12.2 Å². The van der Waals surface area contributed by atoms with Gasteiger partial charge in [0, 0.05) is 18.6 Å². The number of rotatable bonds is 6. The molecule has 1 heterocycles. The van der Waals surface area contributed by atoms with Crippen LogP contribution in [0, 0.1) is 0 Å². The van der Waals surface area contributed by atoms with Gasteiger partial charge in [-0.2, -0.15) is 0 Å². The number of aromatic nitrogens is 2. The molecule has 0 saturated heterocycles. The molecule has 2 rings (SSSR count). The average molecular weight is 249 g/mol. The number of methoxy groups -OCH3 is 2. The second-order valence-electron chi connectivity index (χ2n) is 4.12. The summed E-state index contributed by atoms with van der Waals surface area (Å²) >= 11 is 0. The monoisotopic (exact) mass is 249 g/mol. The third-order valence-corrected chi connectivity index (χ3v) is 2.87. The van der Waals surface area contributed by atoms with Crippen molar-refractivity contribution in [3.8, 4) is 11.5 Å². The lowest BCUT2D eigenvalue weighted by Gasteiger charge is -2.03. The molecule has 2 N–H and O–H groups in total. The van der Waals surface area contributed by atoms with Gasteiger partial charge < -0.3 is 19.8 Å². The van der Waals surface area contributed by atoms with Crippen molar-refractivity contribution in [1.29, 1.82) is 0 Å². The first-order valence-corrected chi connectivity index (χ1v) is 6.03. The molecule has 0 aliphatic rings. The van der Waals surface area contributed by atoms with E-state index in [9.17, 15) is 0 Å². The number of aryl methyl sites for hydroxylation is 1. The molecule has 2 aromatic rings. The maximum absolute atomic E-state index is 5.33. The summed E-state index contributed by atoms with van der Waals surface area (Å²) in [4.78, 5) is 7.87. The molecule has 5 nitrogen and oxygen atoms in total. The highest BCUT2D eigenvalue weighted by molar-refractivity contribution is 5.83. The number of ether oxygens (including phenoxy) is 2. The Kier molecular flexibility index (Phi) is 4.04. The molecule has 0 unspecified atom stereocenters. The Balaban J connectivity index is 2.31. The van der Waals surface area contributed by atoms with Gasteiger partial charge in [0.2, 0.25) is 0 Å². The fourth-order valence-electron chi connectivity index (χ4n) is 1.94. The summed E-state index contributed by atoms with van der Waals surface area (Å²) in [5.74, 6) is 2.48. The number of H-pyrrole nitrogens is 1.